The van der Waals surface area contributed by atoms with Crippen LogP contribution >= 0.6 is 23.2 Å². The first-order valence-electron chi connectivity index (χ1n) is 9.33. The molecule has 9 heteroatoms. The van der Waals surface area contributed by atoms with Gasteiger partial charge in [0.1, 0.15) is 18.5 Å². The molecule has 3 aromatic rings. The van der Waals surface area contributed by atoms with Gasteiger partial charge in [0.05, 0.1) is 18.7 Å². The van der Waals surface area contributed by atoms with Gasteiger partial charge in [-0.3, -0.25) is 0 Å². The summed E-state index contributed by atoms with van der Waals surface area (Å²) in [6, 6.07) is 9.64. The van der Waals surface area contributed by atoms with E-state index in [1.807, 2.05) is 6.07 Å². The Labute approximate surface area is 189 Å². The summed E-state index contributed by atoms with van der Waals surface area (Å²) in [6.07, 6.45) is 0.914. The van der Waals surface area contributed by atoms with Crippen molar-refractivity contribution >= 4 is 29.0 Å². The number of aliphatic hydroxyl groups is 1. The van der Waals surface area contributed by atoms with Crippen molar-refractivity contribution in [2.24, 2.45) is 0 Å². The number of nitrogen functional groups attached to an aromatic ring is 1. The monoisotopic (exact) mass is 466 g/mol. The van der Waals surface area contributed by atoms with Gasteiger partial charge in [-0.1, -0.05) is 29.3 Å². The topological polar surface area (TPSA) is 86.8 Å². The lowest BCUT2D eigenvalue weighted by atomic mass is 10.1. The molecule has 6 nitrogen and oxygen atoms in total. The second kappa shape index (κ2) is 10.0. The van der Waals surface area contributed by atoms with E-state index in [4.69, 9.17) is 48.3 Å². The Morgan fingerprint density at radius 2 is 1.84 bits per heavy atom. The maximum absolute atomic E-state index is 13.9. The van der Waals surface area contributed by atoms with Crippen molar-refractivity contribution < 1.29 is 23.7 Å². The Balaban J connectivity index is 1.91. The number of ether oxygens (including phenoxy) is 3. The molecule has 0 bridgehead atoms. The van der Waals surface area contributed by atoms with E-state index < -0.39 is 11.9 Å². The number of benzene rings is 2. The molecule has 0 radical (unpaired) electrons. The fraction of sp³-hybridized carbons (Fsp3) is 0.227. The molecule has 1 unspecified atom stereocenters. The molecule has 164 valence electrons. The number of hydrogen-bond donors (Lipinski definition) is 2. The summed E-state index contributed by atoms with van der Waals surface area (Å²) in [6.45, 7) is 1.74. The smallest absolute Gasteiger partial charge is 0.166 e. The molecule has 3 N–H and O–H groups in total. The lowest BCUT2D eigenvalue weighted by Gasteiger charge is -2.19. The zero-order valence-electron chi connectivity index (χ0n) is 16.9. The van der Waals surface area contributed by atoms with E-state index in [9.17, 15) is 4.39 Å². The quantitative estimate of drug-likeness (QED) is 0.438. The normalized spacial score (nSPS) is 11.8. The van der Waals surface area contributed by atoms with Crippen molar-refractivity contribution in [1.82, 2.24) is 4.98 Å². The molecule has 1 aromatic heterocycles. The molecule has 0 saturated carbocycles. The van der Waals surface area contributed by atoms with Crippen LogP contribution in [0.1, 0.15) is 18.6 Å². The minimum atomic E-state index is -0.682. The molecule has 1 atom stereocenters. The molecule has 2 aromatic carbocycles. The van der Waals surface area contributed by atoms with Crippen molar-refractivity contribution in [2.75, 3.05) is 26.1 Å². The zero-order valence-corrected chi connectivity index (χ0v) is 18.4. The average molecular weight is 467 g/mol. The fourth-order valence-electron chi connectivity index (χ4n) is 2.99. The number of pyridine rings is 1. The van der Waals surface area contributed by atoms with Crippen LogP contribution in [0.5, 0.6) is 17.2 Å². The highest BCUT2D eigenvalue weighted by Crippen LogP contribution is 2.38. The van der Waals surface area contributed by atoms with Crippen LogP contribution in [-0.4, -0.2) is 30.4 Å². The number of anilines is 1. The predicted octanol–water partition coefficient (Wildman–Crippen LogP) is 5.30. The minimum Gasteiger partial charge on any atom is -0.493 e. The van der Waals surface area contributed by atoms with Gasteiger partial charge in [0.2, 0.25) is 0 Å². The highest BCUT2D eigenvalue weighted by atomic mass is 35.5. The first kappa shape index (κ1) is 22.9. The summed E-state index contributed by atoms with van der Waals surface area (Å²) in [7, 11) is 1.52. The number of halogens is 3. The van der Waals surface area contributed by atoms with E-state index in [0.717, 1.165) is 5.56 Å². The van der Waals surface area contributed by atoms with Crippen molar-refractivity contribution in [2.45, 2.75) is 13.0 Å². The number of methoxy groups -OCH3 is 1. The molecule has 0 aliphatic carbocycles. The molecule has 0 fully saturated rings. The largest absolute Gasteiger partial charge is 0.493 e. The van der Waals surface area contributed by atoms with Gasteiger partial charge in [-0.05, 0) is 42.8 Å². The zero-order chi connectivity index (χ0) is 22.5. The Bertz CT molecular complexity index is 1080. The van der Waals surface area contributed by atoms with Gasteiger partial charge >= 0.3 is 0 Å². The number of rotatable bonds is 8. The van der Waals surface area contributed by atoms with E-state index in [0.29, 0.717) is 28.4 Å². The van der Waals surface area contributed by atoms with E-state index in [1.54, 1.807) is 31.3 Å². The molecule has 0 saturated heterocycles. The number of hydrogen-bond acceptors (Lipinski definition) is 6. The SMILES string of the molecule is COc1cc(-c2cnc(N)c(OC(C)c3c(Cl)ccc(F)c3Cl)c2)ccc1OCCO. The Hall–Kier alpha value is -2.74. The van der Waals surface area contributed by atoms with Crippen LogP contribution in [-0.2, 0) is 0 Å². The van der Waals surface area contributed by atoms with Crippen LogP contribution in [0.4, 0.5) is 10.2 Å². The molecule has 0 aliphatic heterocycles. The van der Waals surface area contributed by atoms with Gasteiger partial charge < -0.3 is 25.1 Å². The second-order valence-electron chi connectivity index (χ2n) is 6.56. The third-order valence-electron chi connectivity index (χ3n) is 4.52. The average Bonchev–Trinajstić information content (AvgIpc) is 2.76. The van der Waals surface area contributed by atoms with Crippen molar-refractivity contribution in [3.05, 3.63) is 64.0 Å². The number of nitrogens with two attached hydrogens (primary N) is 1. The molecule has 0 amide bonds. The molecular weight excluding hydrogens is 446 g/mol. The van der Waals surface area contributed by atoms with Crippen LogP contribution in [0.3, 0.4) is 0 Å². The Kier molecular flexibility index (Phi) is 7.43. The lowest BCUT2D eigenvalue weighted by Crippen LogP contribution is -2.08. The van der Waals surface area contributed by atoms with E-state index >= 15 is 0 Å². The van der Waals surface area contributed by atoms with Gasteiger partial charge in [0.15, 0.2) is 23.1 Å². The van der Waals surface area contributed by atoms with E-state index in [2.05, 4.69) is 4.98 Å². The van der Waals surface area contributed by atoms with Gasteiger partial charge in [-0.25, -0.2) is 9.37 Å². The summed E-state index contributed by atoms with van der Waals surface area (Å²) in [5.41, 5.74) is 7.80. The Morgan fingerprint density at radius 3 is 2.55 bits per heavy atom. The van der Waals surface area contributed by atoms with Gasteiger partial charge in [-0.15, -0.1) is 0 Å². The van der Waals surface area contributed by atoms with Gasteiger partial charge in [-0.2, -0.15) is 0 Å². The lowest BCUT2D eigenvalue weighted by molar-refractivity contribution is 0.196. The van der Waals surface area contributed by atoms with E-state index in [-0.39, 0.29) is 29.1 Å². The number of nitrogens with zero attached hydrogens (tertiary/aromatic N) is 1. The van der Waals surface area contributed by atoms with Crippen LogP contribution in [0.2, 0.25) is 10.0 Å². The maximum atomic E-state index is 13.9. The van der Waals surface area contributed by atoms with Crippen molar-refractivity contribution in [3.8, 4) is 28.4 Å². The first-order chi connectivity index (χ1) is 14.8. The van der Waals surface area contributed by atoms with Crippen LogP contribution in [0, 0.1) is 5.82 Å². The molecule has 3 rings (SSSR count). The maximum Gasteiger partial charge on any atom is 0.166 e. The van der Waals surface area contributed by atoms with E-state index in [1.165, 1.54) is 19.2 Å². The van der Waals surface area contributed by atoms with Crippen LogP contribution in [0.25, 0.3) is 11.1 Å². The van der Waals surface area contributed by atoms with Gasteiger partial charge in [0, 0.05) is 22.3 Å². The van der Waals surface area contributed by atoms with Crippen LogP contribution < -0.4 is 19.9 Å². The molecule has 0 spiro atoms. The minimum absolute atomic E-state index is 0.106. The van der Waals surface area contributed by atoms with Crippen LogP contribution in [0.15, 0.2) is 42.6 Å². The Morgan fingerprint density at radius 1 is 1.10 bits per heavy atom. The fourth-order valence-corrected chi connectivity index (χ4v) is 3.67. The van der Waals surface area contributed by atoms with Crippen molar-refractivity contribution in [3.63, 3.8) is 0 Å². The highest BCUT2D eigenvalue weighted by Gasteiger charge is 2.20. The van der Waals surface area contributed by atoms with Gasteiger partial charge in [0.25, 0.3) is 0 Å². The predicted molar refractivity (Wildman–Crippen MR) is 119 cm³/mol. The third kappa shape index (κ3) is 5.12. The summed E-state index contributed by atoms with van der Waals surface area (Å²) >= 11 is 12.3. The summed E-state index contributed by atoms with van der Waals surface area (Å²) < 4.78 is 30.6. The molecular formula is C22H21Cl2FN2O4. The summed E-state index contributed by atoms with van der Waals surface area (Å²) in [5.74, 6) is 0.864. The number of aromatic nitrogens is 1. The summed E-state index contributed by atoms with van der Waals surface area (Å²) in [4.78, 5) is 4.20. The highest BCUT2D eigenvalue weighted by molar-refractivity contribution is 6.36. The first-order valence-corrected chi connectivity index (χ1v) is 10.1. The second-order valence-corrected chi connectivity index (χ2v) is 7.35. The standard InChI is InChI=1S/C22H21Cl2FN2O4/c1-12(20-15(23)4-5-16(25)21(20)24)31-19-10-14(11-27-22(19)26)13-3-6-17(30-8-7-28)18(9-13)29-2/h3-6,9-12,28H,7-8H2,1-2H3,(H2,26,27). The summed E-state index contributed by atoms with van der Waals surface area (Å²) in [5, 5.41) is 9.12. The van der Waals surface area contributed by atoms with Crippen molar-refractivity contribution in [1.29, 1.82) is 0 Å². The molecule has 0 aliphatic rings. The molecule has 31 heavy (non-hydrogen) atoms. The number of aliphatic hydroxyl groups excluding tert-OH is 1. The third-order valence-corrected chi connectivity index (χ3v) is 5.23. The molecule has 1 heterocycles.